The maximum absolute atomic E-state index is 12.4. The predicted molar refractivity (Wildman–Crippen MR) is 81.5 cm³/mol. The quantitative estimate of drug-likeness (QED) is 0.804. The number of carbonyl (C=O) groups excluding carboxylic acids is 1. The third-order valence-electron chi connectivity index (χ3n) is 4.04. The molecule has 0 saturated heterocycles. The zero-order valence-corrected chi connectivity index (χ0v) is 12.7. The molecular formula is C15H22N4O. The summed E-state index contributed by atoms with van der Waals surface area (Å²) in [6.07, 6.45) is 0. The second-order valence-corrected chi connectivity index (χ2v) is 6.35. The van der Waals surface area contributed by atoms with E-state index >= 15 is 0 Å². The lowest BCUT2D eigenvalue weighted by Crippen LogP contribution is -2.53. The van der Waals surface area contributed by atoms with Gasteiger partial charge in [0, 0.05) is 11.2 Å². The van der Waals surface area contributed by atoms with E-state index in [1.165, 1.54) is 0 Å². The lowest BCUT2D eigenvalue weighted by molar-refractivity contribution is -0.126. The molecule has 20 heavy (non-hydrogen) atoms. The van der Waals surface area contributed by atoms with Gasteiger partial charge in [0.1, 0.15) is 5.82 Å². The first kappa shape index (κ1) is 14.5. The highest BCUT2D eigenvalue weighted by Crippen LogP contribution is 2.30. The molecule has 0 aliphatic carbocycles. The molecule has 0 saturated carbocycles. The summed E-state index contributed by atoms with van der Waals surface area (Å²) in [6.45, 7) is 9.31. The van der Waals surface area contributed by atoms with E-state index in [9.17, 15) is 4.79 Å². The molecule has 1 amide bonds. The monoisotopic (exact) mass is 274 g/mol. The Morgan fingerprint density at radius 1 is 1.30 bits per heavy atom. The van der Waals surface area contributed by atoms with Crippen LogP contribution in [0.3, 0.4) is 0 Å². The third kappa shape index (κ3) is 2.54. The van der Waals surface area contributed by atoms with Crippen LogP contribution in [0.15, 0.2) is 18.2 Å². The maximum Gasteiger partial charge on any atom is 0.231 e. The third-order valence-corrected chi connectivity index (χ3v) is 4.04. The molecule has 0 unspecified atom stereocenters. The second-order valence-electron chi connectivity index (χ2n) is 6.35. The van der Waals surface area contributed by atoms with Crippen LogP contribution in [0.5, 0.6) is 0 Å². The smallest absolute Gasteiger partial charge is 0.231 e. The fourth-order valence-corrected chi connectivity index (χ4v) is 1.79. The minimum absolute atomic E-state index is 0.0967. The van der Waals surface area contributed by atoms with Crippen LogP contribution >= 0.6 is 0 Å². The molecule has 1 heterocycles. The van der Waals surface area contributed by atoms with Crippen molar-refractivity contribution in [1.82, 2.24) is 9.97 Å². The van der Waals surface area contributed by atoms with Crippen molar-refractivity contribution in [3.05, 3.63) is 24.0 Å². The Labute approximate surface area is 119 Å². The van der Waals surface area contributed by atoms with Crippen molar-refractivity contribution in [1.29, 1.82) is 0 Å². The number of nitrogens with zero attached hydrogens (tertiary/aromatic N) is 1. The highest BCUT2D eigenvalue weighted by molar-refractivity contribution is 5.97. The van der Waals surface area contributed by atoms with E-state index < -0.39 is 11.0 Å². The van der Waals surface area contributed by atoms with Crippen LogP contribution in [0.25, 0.3) is 11.0 Å². The molecule has 0 atom stereocenters. The van der Waals surface area contributed by atoms with Crippen molar-refractivity contribution in [2.45, 2.75) is 40.2 Å². The van der Waals surface area contributed by atoms with Gasteiger partial charge in [0.15, 0.2) is 0 Å². The summed E-state index contributed by atoms with van der Waals surface area (Å²) in [7, 11) is 0. The normalized spacial score (nSPS) is 12.7. The second kappa shape index (κ2) is 4.59. The van der Waals surface area contributed by atoms with Gasteiger partial charge in [0.2, 0.25) is 5.91 Å². The number of carbonyl (C=O) groups is 1. The predicted octanol–water partition coefficient (Wildman–Crippen LogP) is 2.57. The number of benzene rings is 1. The van der Waals surface area contributed by atoms with Crippen molar-refractivity contribution < 1.29 is 4.79 Å². The Bertz CT molecular complexity index is 649. The summed E-state index contributed by atoms with van der Waals surface area (Å²) in [4.78, 5) is 19.9. The first-order valence-corrected chi connectivity index (χ1v) is 6.68. The van der Waals surface area contributed by atoms with Gasteiger partial charge < -0.3 is 16.0 Å². The van der Waals surface area contributed by atoms with E-state index in [1.807, 2.05) is 52.8 Å². The van der Waals surface area contributed by atoms with Crippen LogP contribution in [-0.2, 0) is 4.79 Å². The Balaban J connectivity index is 2.26. The van der Waals surface area contributed by atoms with Crippen molar-refractivity contribution in [2.24, 2.45) is 11.1 Å². The molecular weight excluding hydrogens is 252 g/mol. The molecule has 0 fully saturated rings. The van der Waals surface area contributed by atoms with Crippen LogP contribution < -0.4 is 11.1 Å². The van der Waals surface area contributed by atoms with Gasteiger partial charge in [-0.25, -0.2) is 4.98 Å². The van der Waals surface area contributed by atoms with Gasteiger partial charge in [-0.15, -0.1) is 0 Å². The molecule has 2 rings (SSSR count). The largest absolute Gasteiger partial charge is 0.342 e. The van der Waals surface area contributed by atoms with Crippen molar-refractivity contribution >= 4 is 22.6 Å². The molecule has 5 heteroatoms. The summed E-state index contributed by atoms with van der Waals surface area (Å²) in [5.74, 6) is 0.757. The number of imidazole rings is 1. The number of nitrogens with two attached hydrogens (primary N) is 1. The van der Waals surface area contributed by atoms with E-state index in [0.29, 0.717) is 0 Å². The van der Waals surface area contributed by atoms with E-state index in [-0.39, 0.29) is 5.91 Å². The van der Waals surface area contributed by atoms with Crippen molar-refractivity contribution in [3.8, 4) is 0 Å². The number of hydrogen-bond acceptors (Lipinski definition) is 3. The highest BCUT2D eigenvalue weighted by atomic mass is 16.2. The first-order chi connectivity index (χ1) is 9.11. The number of rotatable bonds is 3. The van der Waals surface area contributed by atoms with Crippen LogP contribution in [0.4, 0.5) is 5.69 Å². The van der Waals surface area contributed by atoms with Crippen molar-refractivity contribution in [2.75, 3.05) is 5.32 Å². The molecule has 0 aliphatic heterocycles. The van der Waals surface area contributed by atoms with E-state index in [2.05, 4.69) is 15.3 Å². The summed E-state index contributed by atoms with van der Waals surface area (Å²) in [6, 6.07) is 5.61. The molecule has 4 N–H and O–H groups in total. The van der Waals surface area contributed by atoms with Crippen LogP contribution in [0.2, 0.25) is 0 Å². The summed E-state index contributed by atoms with van der Waals surface area (Å²) in [5.41, 5.74) is 7.34. The summed E-state index contributed by atoms with van der Waals surface area (Å²) in [5, 5.41) is 2.92. The Kier molecular flexibility index (Phi) is 3.34. The van der Waals surface area contributed by atoms with E-state index in [1.54, 1.807) is 0 Å². The minimum Gasteiger partial charge on any atom is -0.342 e. The Hall–Kier alpha value is -1.88. The number of hydrogen-bond donors (Lipinski definition) is 3. The molecule has 0 spiro atoms. The van der Waals surface area contributed by atoms with Gasteiger partial charge in [-0.2, -0.15) is 0 Å². The van der Waals surface area contributed by atoms with Crippen molar-refractivity contribution in [3.63, 3.8) is 0 Å². The average Bonchev–Trinajstić information content (AvgIpc) is 2.66. The van der Waals surface area contributed by atoms with Gasteiger partial charge in [0.25, 0.3) is 0 Å². The summed E-state index contributed by atoms with van der Waals surface area (Å²) >= 11 is 0. The lowest BCUT2D eigenvalue weighted by atomic mass is 9.74. The fourth-order valence-electron chi connectivity index (χ4n) is 1.79. The number of fused-ring (bicyclic) bond motifs is 1. The Morgan fingerprint density at radius 3 is 2.55 bits per heavy atom. The average molecular weight is 274 g/mol. The number of anilines is 1. The maximum atomic E-state index is 12.4. The summed E-state index contributed by atoms with van der Waals surface area (Å²) < 4.78 is 0. The molecule has 5 nitrogen and oxygen atoms in total. The molecule has 0 aliphatic rings. The number of aromatic amines is 1. The van der Waals surface area contributed by atoms with Crippen LogP contribution in [0, 0.1) is 12.3 Å². The SMILES string of the molecule is Cc1nc2ccc(NC(=O)C(C)(C)C(C)(C)N)cc2[nH]1. The Morgan fingerprint density at radius 2 is 1.95 bits per heavy atom. The van der Waals surface area contributed by atoms with E-state index in [0.717, 1.165) is 22.5 Å². The van der Waals surface area contributed by atoms with Crippen LogP contribution in [-0.4, -0.2) is 21.4 Å². The molecule has 0 bridgehead atoms. The molecule has 1 aromatic heterocycles. The first-order valence-electron chi connectivity index (χ1n) is 6.68. The standard InChI is InChI=1S/C15H22N4O/c1-9-17-11-7-6-10(8-12(11)18-9)19-13(20)14(2,3)15(4,5)16/h6-8H,16H2,1-5H3,(H,17,18)(H,19,20). The van der Waals surface area contributed by atoms with Gasteiger partial charge in [-0.1, -0.05) is 0 Å². The molecule has 108 valence electrons. The molecule has 1 aromatic carbocycles. The molecule has 0 radical (unpaired) electrons. The van der Waals surface area contributed by atoms with Gasteiger partial charge in [0.05, 0.1) is 16.4 Å². The minimum atomic E-state index is -0.675. The number of H-pyrrole nitrogens is 1. The number of nitrogens with one attached hydrogen (secondary N) is 2. The fraction of sp³-hybridized carbons (Fsp3) is 0.467. The zero-order chi connectivity index (χ0) is 15.1. The molecule has 2 aromatic rings. The highest BCUT2D eigenvalue weighted by Gasteiger charge is 2.40. The van der Waals surface area contributed by atoms with Gasteiger partial charge in [-0.05, 0) is 52.8 Å². The number of aryl methyl sites for hydroxylation is 1. The topological polar surface area (TPSA) is 83.8 Å². The van der Waals surface area contributed by atoms with Crippen LogP contribution in [0.1, 0.15) is 33.5 Å². The zero-order valence-electron chi connectivity index (χ0n) is 12.7. The number of aromatic nitrogens is 2. The lowest BCUT2D eigenvalue weighted by Gasteiger charge is -2.36. The van der Waals surface area contributed by atoms with E-state index in [4.69, 9.17) is 5.73 Å². The number of amides is 1. The van der Waals surface area contributed by atoms with Gasteiger partial charge in [-0.3, -0.25) is 4.79 Å². The van der Waals surface area contributed by atoms with Gasteiger partial charge >= 0.3 is 0 Å².